The van der Waals surface area contributed by atoms with Crippen molar-refractivity contribution in [1.29, 1.82) is 0 Å². The van der Waals surface area contributed by atoms with Crippen LogP contribution in [0.3, 0.4) is 0 Å². The molecule has 0 fully saturated rings. The number of hydrogen-bond acceptors (Lipinski definition) is 0. The number of allylic oxidation sites excluding steroid dienone is 3. The fraction of sp³-hybridized carbons (Fsp3) is 0.261. The molecular weight excluding hydrogens is 304 g/mol. The molecule has 2 aromatic rings. The molecule has 2 heteroatoms. The van der Waals surface area contributed by atoms with E-state index in [4.69, 9.17) is 5.84 Å². The molecule has 1 aliphatic rings. The normalized spacial score (nSPS) is 15.8. The van der Waals surface area contributed by atoms with E-state index in [1.165, 1.54) is 11.1 Å². The lowest BCUT2D eigenvalue weighted by Gasteiger charge is -2.09. The molecule has 2 nitrogen and oxygen atoms in total. The molecule has 128 valence electrons. The van der Waals surface area contributed by atoms with Gasteiger partial charge in [-0.25, -0.2) is 4.68 Å². The number of hydrogen-bond donors (Lipinski definition) is 0. The molecule has 0 saturated carbocycles. The molecule has 0 radical (unpaired) electrons. The van der Waals surface area contributed by atoms with Crippen molar-refractivity contribution in [1.82, 2.24) is 0 Å². The topological polar surface area (TPSA) is 26.8 Å². The van der Waals surface area contributed by atoms with Crippen LogP contribution in [0.4, 0.5) is 0 Å². The minimum atomic E-state index is 0.942. The summed E-state index contributed by atoms with van der Waals surface area (Å²) in [5.74, 6) is 8.71. The average Bonchev–Trinajstić information content (AvgIpc) is 2.98. The Kier molecular flexibility index (Phi) is 5.18. The highest BCUT2D eigenvalue weighted by Crippen LogP contribution is 2.29. The SMILES string of the molecule is CCC=C1C=C(c2ccc(CC)cc2)[N+]([NH-])=C1c1ccc(CC)cc1. The maximum atomic E-state index is 8.71. The van der Waals surface area contributed by atoms with Crippen LogP contribution in [0.1, 0.15) is 49.4 Å². The molecule has 0 aliphatic carbocycles. The van der Waals surface area contributed by atoms with Crippen LogP contribution in [0.25, 0.3) is 11.5 Å². The van der Waals surface area contributed by atoms with Gasteiger partial charge in [-0.05, 0) is 54.7 Å². The zero-order valence-corrected chi connectivity index (χ0v) is 15.3. The second-order valence-electron chi connectivity index (χ2n) is 6.38. The Hall–Kier alpha value is -2.61. The summed E-state index contributed by atoms with van der Waals surface area (Å²) in [4.78, 5) is 0. The number of nitrogens with zero attached hydrogens (tertiary/aromatic N) is 1. The van der Waals surface area contributed by atoms with Gasteiger partial charge in [0.1, 0.15) is 0 Å². The maximum Gasteiger partial charge on any atom is 0.215 e. The molecule has 25 heavy (non-hydrogen) atoms. The smallest absolute Gasteiger partial charge is 0.215 e. The Morgan fingerprint density at radius 2 is 1.32 bits per heavy atom. The fourth-order valence-corrected chi connectivity index (χ4v) is 3.22. The molecule has 1 aliphatic heterocycles. The van der Waals surface area contributed by atoms with Crippen molar-refractivity contribution in [3.05, 3.63) is 94.4 Å². The highest BCUT2D eigenvalue weighted by molar-refractivity contribution is 6.14. The van der Waals surface area contributed by atoms with Crippen molar-refractivity contribution >= 4 is 11.4 Å². The molecule has 0 bridgehead atoms. The summed E-state index contributed by atoms with van der Waals surface area (Å²) in [6.45, 7) is 6.46. The summed E-state index contributed by atoms with van der Waals surface area (Å²) in [7, 11) is 0. The summed E-state index contributed by atoms with van der Waals surface area (Å²) in [5, 5.41) is 0. The van der Waals surface area contributed by atoms with Crippen LogP contribution >= 0.6 is 0 Å². The molecule has 2 aromatic carbocycles. The predicted octanol–water partition coefficient (Wildman–Crippen LogP) is 5.97. The Morgan fingerprint density at radius 3 is 1.80 bits per heavy atom. The molecule has 0 spiro atoms. The first-order chi connectivity index (χ1) is 12.2. The van der Waals surface area contributed by atoms with Crippen molar-refractivity contribution in [3.63, 3.8) is 0 Å². The van der Waals surface area contributed by atoms with E-state index in [0.717, 1.165) is 47.4 Å². The van der Waals surface area contributed by atoms with Gasteiger partial charge < -0.3 is 5.84 Å². The molecule has 0 amide bonds. The van der Waals surface area contributed by atoms with E-state index >= 15 is 0 Å². The van der Waals surface area contributed by atoms with E-state index in [-0.39, 0.29) is 0 Å². The Labute approximate surface area is 151 Å². The zero-order chi connectivity index (χ0) is 17.8. The van der Waals surface area contributed by atoms with E-state index in [1.54, 1.807) is 4.68 Å². The van der Waals surface area contributed by atoms with Gasteiger partial charge in [0.15, 0.2) is 0 Å². The summed E-state index contributed by atoms with van der Waals surface area (Å²) in [6.07, 6.45) is 7.37. The van der Waals surface area contributed by atoms with Crippen LogP contribution in [0.2, 0.25) is 0 Å². The van der Waals surface area contributed by atoms with Gasteiger partial charge in [0.05, 0.1) is 0 Å². The number of rotatable bonds is 5. The van der Waals surface area contributed by atoms with Crippen molar-refractivity contribution in [2.24, 2.45) is 0 Å². The first-order valence-electron chi connectivity index (χ1n) is 9.17. The maximum absolute atomic E-state index is 8.71. The molecule has 0 aromatic heterocycles. The molecule has 0 saturated heterocycles. The average molecular weight is 330 g/mol. The van der Waals surface area contributed by atoms with Gasteiger partial charge in [-0.2, -0.15) is 0 Å². The molecule has 0 atom stereocenters. The Balaban J connectivity index is 2.05. The van der Waals surface area contributed by atoms with Crippen molar-refractivity contribution in [2.75, 3.05) is 0 Å². The quantitative estimate of drug-likeness (QED) is 0.604. The fourth-order valence-electron chi connectivity index (χ4n) is 3.22. The van der Waals surface area contributed by atoms with Gasteiger partial charge >= 0.3 is 0 Å². The third kappa shape index (κ3) is 3.43. The third-order valence-corrected chi connectivity index (χ3v) is 4.75. The monoisotopic (exact) mass is 330 g/mol. The number of nitrogens with one attached hydrogen (secondary N) is 1. The predicted molar refractivity (Wildman–Crippen MR) is 107 cm³/mol. The van der Waals surface area contributed by atoms with Gasteiger partial charge in [-0.3, -0.25) is 0 Å². The summed E-state index contributed by atoms with van der Waals surface area (Å²) >= 11 is 0. The highest BCUT2D eigenvalue weighted by Gasteiger charge is 2.27. The molecular formula is C23H26N2. The van der Waals surface area contributed by atoms with Crippen molar-refractivity contribution in [3.8, 4) is 0 Å². The lowest BCUT2D eigenvalue weighted by atomic mass is 10.0. The summed E-state index contributed by atoms with van der Waals surface area (Å²) < 4.78 is 1.59. The molecule has 0 unspecified atom stereocenters. The van der Waals surface area contributed by atoms with Gasteiger partial charge in [0, 0.05) is 22.8 Å². The van der Waals surface area contributed by atoms with E-state index < -0.39 is 0 Å². The van der Waals surface area contributed by atoms with Crippen LogP contribution in [0, 0.1) is 0 Å². The van der Waals surface area contributed by atoms with E-state index in [0.29, 0.717) is 0 Å². The van der Waals surface area contributed by atoms with Crippen molar-refractivity contribution < 1.29 is 4.68 Å². The van der Waals surface area contributed by atoms with Gasteiger partial charge in [-0.15, -0.1) is 0 Å². The van der Waals surface area contributed by atoms with Gasteiger partial charge in [-0.1, -0.05) is 51.1 Å². The lowest BCUT2D eigenvalue weighted by Crippen LogP contribution is -2.11. The summed E-state index contributed by atoms with van der Waals surface area (Å²) in [6, 6.07) is 17.1. The minimum Gasteiger partial charge on any atom is -0.448 e. The van der Waals surface area contributed by atoms with Crippen LogP contribution in [-0.4, -0.2) is 10.4 Å². The highest BCUT2D eigenvalue weighted by atomic mass is 15.3. The largest absolute Gasteiger partial charge is 0.448 e. The van der Waals surface area contributed by atoms with Crippen LogP contribution < -0.4 is 0 Å². The number of aryl methyl sites for hydroxylation is 2. The van der Waals surface area contributed by atoms with Crippen molar-refractivity contribution in [2.45, 2.75) is 40.0 Å². The first kappa shape index (κ1) is 17.2. The van der Waals surface area contributed by atoms with E-state index in [2.05, 4.69) is 81.5 Å². The third-order valence-electron chi connectivity index (χ3n) is 4.75. The Bertz CT molecular complexity index is 835. The zero-order valence-electron chi connectivity index (χ0n) is 15.3. The summed E-state index contributed by atoms with van der Waals surface area (Å²) in [5.41, 5.74) is 7.89. The van der Waals surface area contributed by atoms with E-state index in [9.17, 15) is 0 Å². The van der Waals surface area contributed by atoms with Crippen LogP contribution in [-0.2, 0) is 12.8 Å². The Morgan fingerprint density at radius 1 is 0.800 bits per heavy atom. The minimum absolute atomic E-state index is 0.942. The van der Waals surface area contributed by atoms with Crippen LogP contribution in [0.15, 0.2) is 66.3 Å². The first-order valence-corrected chi connectivity index (χ1v) is 9.17. The number of benzene rings is 2. The van der Waals surface area contributed by atoms with E-state index in [1.807, 2.05) is 0 Å². The molecule has 3 rings (SSSR count). The second-order valence-corrected chi connectivity index (χ2v) is 6.38. The molecule has 1 N–H and O–H groups in total. The van der Waals surface area contributed by atoms with Crippen LogP contribution in [0.5, 0.6) is 0 Å². The van der Waals surface area contributed by atoms with Gasteiger partial charge in [0.2, 0.25) is 11.4 Å². The lowest BCUT2D eigenvalue weighted by molar-refractivity contribution is -0.347. The molecule has 1 heterocycles. The second kappa shape index (κ2) is 7.52. The van der Waals surface area contributed by atoms with Gasteiger partial charge in [0.25, 0.3) is 0 Å². The standard InChI is InChI=1S/C23H26N2/c1-4-7-21-16-22(19-12-8-17(5-2)9-13-19)25(24)23(21)20-14-10-18(6-3)11-15-20/h7-16,24H,4-6H2,1-3H3.